The Morgan fingerprint density at radius 1 is 1.43 bits per heavy atom. The Bertz CT molecular complexity index is 217. The van der Waals surface area contributed by atoms with E-state index in [1.165, 1.54) is 17.6 Å². The first-order valence-electron chi connectivity index (χ1n) is 4.32. The van der Waals surface area contributed by atoms with E-state index in [4.69, 9.17) is 20.6 Å². The molecule has 84 valence electrons. The van der Waals surface area contributed by atoms with Crippen molar-refractivity contribution >= 4 is 31.0 Å². The summed E-state index contributed by atoms with van der Waals surface area (Å²) in [5.41, 5.74) is 0. The highest BCUT2D eigenvalue weighted by molar-refractivity contribution is 8.02. The van der Waals surface area contributed by atoms with Gasteiger partial charge in [-0.1, -0.05) is 0 Å². The molecule has 0 saturated heterocycles. The molecule has 0 aliphatic rings. The van der Waals surface area contributed by atoms with Gasteiger partial charge in [-0.3, -0.25) is 4.57 Å². The maximum absolute atomic E-state index is 11.9. The van der Waals surface area contributed by atoms with Gasteiger partial charge in [0.2, 0.25) is 0 Å². The van der Waals surface area contributed by atoms with Crippen molar-refractivity contribution in [2.45, 2.75) is 13.8 Å². The summed E-state index contributed by atoms with van der Waals surface area (Å²) < 4.78 is 22.1. The molecule has 6 heteroatoms. The number of halogens is 1. The topological polar surface area (TPSA) is 35.5 Å². The molecule has 3 nitrogen and oxygen atoms in total. The van der Waals surface area contributed by atoms with E-state index in [0.717, 1.165) is 4.91 Å². The quantitative estimate of drug-likeness (QED) is 0.515. The molecule has 0 aromatic heterocycles. The second kappa shape index (κ2) is 7.77. The molecule has 0 unspecified atom stereocenters. The molecular weight excluding hydrogens is 243 g/mol. The second-order valence-corrected chi connectivity index (χ2v) is 5.36. The van der Waals surface area contributed by atoms with Crippen LogP contribution in [0.2, 0.25) is 0 Å². The summed E-state index contributed by atoms with van der Waals surface area (Å²) in [6, 6.07) is 0. The van der Waals surface area contributed by atoms with Crippen molar-refractivity contribution in [2.24, 2.45) is 0 Å². The van der Waals surface area contributed by atoms with Crippen LogP contribution in [-0.4, -0.2) is 25.3 Å². The molecule has 0 aromatic rings. The van der Waals surface area contributed by atoms with E-state index in [0.29, 0.717) is 19.1 Å². The SMILES string of the molecule is CCOP(=O)(/C=C(/CCl)SC)OCC. The summed E-state index contributed by atoms with van der Waals surface area (Å²) >= 11 is 7.10. The minimum Gasteiger partial charge on any atom is -0.306 e. The fourth-order valence-corrected chi connectivity index (χ4v) is 3.61. The van der Waals surface area contributed by atoms with Crippen LogP contribution in [0.3, 0.4) is 0 Å². The van der Waals surface area contributed by atoms with E-state index < -0.39 is 7.60 Å². The zero-order valence-electron chi connectivity index (χ0n) is 8.66. The lowest BCUT2D eigenvalue weighted by Gasteiger charge is -2.13. The molecule has 0 heterocycles. The van der Waals surface area contributed by atoms with Gasteiger partial charge in [0, 0.05) is 10.7 Å². The summed E-state index contributed by atoms with van der Waals surface area (Å²) in [7, 11) is -3.08. The first kappa shape index (κ1) is 14.5. The molecule has 0 bridgehead atoms. The van der Waals surface area contributed by atoms with Crippen molar-refractivity contribution in [1.29, 1.82) is 0 Å². The molecule has 0 radical (unpaired) electrons. The lowest BCUT2D eigenvalue weighted by Crippen LogP contribution is -1.94. The van der Waals surface area contributed by atoms with E-state index in [1.54, 1.807) is 13.8 Å². The Morgan fingerprint density at radius 3 is 2.21 bits per heavy atom. The minimum atomic E-state index is -3.08. The fourth-order valence-electron chi connectivity index (χ4n) is 0.790. The Kier molecular flexibility index (Phi) is 8.07. The summed E-state index contributed by atoms with van der Waals surface area (Å²) in [5, 5.41) is 0. The van der Waals surface area contributed by atoms with E-state index in [1.807, 2.05) is 6.26 Å². The fraction of sp³-hybridized carbons (Fsp3) is 0.750. The third-order valence-corrected chi connectivity index (χ3v) is 4.59. The first-order chi connectivity index (χ1) is 6.61. The van der Waals surface area contributed by atoms with Gasteiger partial charge in [0.15, 0.2) is 0 Å². The summed E-state index contributed by atoms with van der Waals surface area (Å²) in [4.78, 5) is 0.803. The van der Waals surface area contributed by atoms with Gasteiger partial charge in [-0.25, -0.2) is 0 Å². The van der Waals surface area contributed by atoms with Crippen molar-refractivity contribution in [1.82, 2.24) is 0 Å². The second-order valence-electron chi connectivity index (χ2n) is 2.31. The van der Waals surface area contributed by atoms with Gasteiger partial charge in [0.25, 0.3) is 0 Å². The van der Waals surface area contributed by atoms with Gasteiger partial charge < -0.3 is 9.05 Å². The van der Waals surface area contributed by atoms with Gasteiger partial charge in [-0.15, -0.1) is 23.4 Å². The van der Waals surface area contributed by atoms with Gasteiger partial charge >= 0.3 is 7.60 Å². The van der Waals surface area contributed by atoms with Crippen LogP contribution in [0.1, 0.15) is 13.8 Å². The van der Waals surface area contributed by atoms with Crippen molar-refractivity contribution in [3.8, 4) is 0 Å². The highest BCUT2D eigenvalue weighted by Crippen LogP contribution is 2.51. The minimum absolute atomic E-state index is 0.325. The number of thioether (sulfide) groups is 1. The average molecular weight is 259 g/mol. The molecule has 0 fully saturated rings. The molecule has 0 aliphatic carbocycles. The Hall–Kier alpha value is 0.530. The van der Waals surface area contributed by atoms with Crippen LogP contribution in [0.5, 0.6) is 0 Å². The zero-order chi connectivity index (χ0) is 11.0. The zero-order valence-corrected chi connectivity index (χ0v) is 11.1. The van der Waals surface area contributed by atoms with E-state index in [2.05, 4.69) is 0 Å². The third-order valence-electron chi connectivity index (χ3n) is 1.31. The Labute approximate surface area is 94.7 Å². The highest BCUT2D eigenvalue weighted by atomic mass is 35.5. The largest absolute Gasteiger partial charge is 0.354 e. The Balaban J connectivity index is 4.64. The van der Waals surface area contributed by atoms with Crippen molar-refractivity contribution in [3.63, 3.8) is 0 Å². The van der Waals surface area contributed by atoms with Crippen molar-refractivity contribution in [2.75, 3.05) is 25.3 Å². The van der Waals surface area contributed by atoms with Crippen molar-refractivity contribution in [3.05, 3.63) is 10.7 Å². The lowest BCUT2D eigenvalue weighted by molar-refractivity contribution is 0.229. The van der Waals surface area contributed by atoms with E-state index in [-0.39, 0.29) is 0 Å². The van der Waals surface area contributed by atoms with Crippen LogP contribution in [0.4, 0.5) is 0 Å². The number of rotatable bonds is 7. The molecule has 0 spiro atoms. The molecule has 0 aliphatic heterocycles. The van der Waals surface area contributed by atoms with Gasteiger partial charge in [0.1, 0.15) is 0 Å². The van der Waals surface area contributed by atoms with E-state index >= 15 is 0 Å². The normalized spacial score (nSPS) is 13.3. The number of hydrogen-bond acceptors (Lipinski definition) is 4. The first-order valence-corrected chi connectivity index (χ1v) is 7.69. The van der Waals surface area contributed by atoms with Crippen LogP contribution < -0.4 is 0 Å². The van der Waals surface area contributed by atoms with Crippen LogP contribution >= 0.6 is 31.0 Å². The molecule has 0 amide bonds. The van der Waals surface area contributed by atoms with Crippen LogP contribution in [0.25, 0.3) is 0 Å². The van der Waals surface area contributed by atoms with Gasteiger partial charge in [-0.05, 0) is 20.1 Å². The molecule has 14 heavy (non-hydrogen) atoms. The molecule has 0 saturated carbocycles. The average Bonchev–Trinajstić information content (AvgIpc) is 2.15. The van der Waals surface area contributed by atoms with Crippen LogP contribution in [-0.2, 0) is 13.6 Å². The summed E-state index contributed by atoms with van der Waals surface area (Å²) in [6.45, 7) is 4.27. The summed E-state index contributed by atoms with van der Waals surface area (Å²) in [5.74, 6) is 1.82. The number of allylic oxidation sites excluding steroid dienone is 1. The number of alkyl halides is 1. The maximum atomic E-state index is 11.9. The maximum Gasteiger partial charge on any atom is 0.354 e. The molecule has 0 aromatic carbocycles. The number of hydrogen-bond donors (Lipinski definition) is 0. The Morgan fingerprint density at radius 2 is 1.93 bits per heavy atom. The molecule has 0 rings (SSSR count). The molecular formula is C8H16ClO3PS. The highest BCUT2D eigenvalue weighted by Gasteiger charge is 2.20. The smallest absolute Gasteiger partial charge is 0.306 e. The molecule has 0 atom stereocenters. The van der Waals surface area contributed by atoms with Crippen molar-refractivity contribution < 1.29 is 13.6 Å². The predicted molar refractivity (Wildman–Crippen MR) is 63.2 cm³/mol. The predicted octanol–water partition coefficient (Wildman–Crippen LogP) is 3.70. The van der Waals surface area contributed by atoms with Crippen LogP contribution in [0, 0.1) is 0 Å². The summed E-state index contributed by atoms with van der Waals surface area (Å²) in [6.07, 6.45) is 1.87. The monoisotopic (exact) mass is 258 g/mol. The van der Waals surface area contributed by atoms with Crippen LogP contribution in [0.15, 0.2) is 10.7 Å². The van der Waals surface area contributed by atoms with Gasteiger partial charge in [0.05, 0.1) is 19.1 Å². The molecule has 0 N–H and O–H groups in total. The lowest BCUT2D eigenvalue weighted by atomic mass is 10.7. The third kappa shape index (κ3) is 5.42. The van der Waals surface area contributed by atoms with Gasteiger partial charge in [-0.2, -0.15) is 0 Å². The standard InChI is InChI=1S/C8H16ClO3PS/c1-4-11-13(10,12-5-2)7-8(6-9)14-3/h7H,4-6H2,1-3H3/b8-7-. The van der Waals surface area contributed by atoms with E-state index in [9.17, 15) is 4.57 Å².